The van der Waals surface area contributed by atoms with Crippen LogP contribution in [0, 0.1) is 0 Å². The minimum atomic E-state index is -1.10. The molecule has 2 aromatic rings. The molecule has 2 N–H and O–H groups in total. The molecular weight excluding hydrogens is 288 g/mol. The first-order valence-electron chi connectivity index (χ1n) is 6.78. The van der Waals surface area contributed by atoms with Gasteiger partial charge in [-0.25, -0.2) is 0 Å². The van der Waals surface area contributed by atoms with Gasteiger partial charge < -0.3 is 14.9 Å². The van der Waals surface area contributed by atoms with Gasteiger partial charge in [0.05, 0.1) is 11.1 Å². The number of aliphatic hydroxyl groups excluding tert-OH is 1. The lowest BCUT2D eigenvalue weighted by Crippen LogP contribution is -2.29. The van der Waals surface area contributed by atoms with Crippen molar-refractivity contribution in [2.45, 2.75) is 25.6 Å². The minimum absolute atomic E-state index is 0.0881. The van der Waals surface area contributed by atoms with Crippen molar-refractivity contribution in [1.29, 1.82) is 0 Å². The fourth-order valence-corrected chi connectivity index (χ4v) is 2.24. The van der Waals surface area contributed by atoms with Crippen LogP contribution >= 0.6 is 11.6 Å². The monoisotopic (exact) mass is 306 g/mol. The summed E-state index contributed by atoms with van der Waals surface area (Å²) in [5, 5.41) is 20.4. The molecule has 0 heterocycles. The van der Waals surface area contributed by atoms with Gasteiger partial charge in [-0.1, -0.05) is 48.0 Å². The van der Waals surface area contributed by atoms with Crippen LogP contribution in [-0.4, -0.2) is 16.8 Å². The third-order valence-corrected chi connectivity index (χ3v) is 3.64. The minimum Gasteiger partial charge on any atom is -0.489 e. The van der Waals surface area contributed by atoms with Crippen LogP contribution in [0.4, 0.5) is 0 Å². The van der Waals surface area contributed by atoms with Gasteiger partial charge in [-0.15, -0.1) is 0 Å². The van der Waals surface area contributed by atoms with Crippen molar-refractivity contribution >= 4 is 11.6 Å². The maximum atomic E-state index is 10.5. The first-order chi connectivity index (χ1) is 9.90. The molecule has 3 nitrogen and oxygen atoms in total. The highest BCUT2D eigenvalue weighted by Crippen LogP contribution is 2.30. The van der Waals surface area contributed by atoms with Crippen LogP contribution in [0.2, 0.25) is 5.02 Å². The lowest BCUT2D eigenvalue weighted by atomic mass is 9.97. The van der Waals surface area contributed by atoms with E-state index in [0.29, 0.717) is 10.8 Å². The molecular formula is C17H19ClO3. The lowest BCUT2D eigenvalue weighted by Gasteiger charge is -2.24. The molecule has 2 rings (SSSR count). The summed E-state index contributed by atoms with van der Waals surface area (Å²) < 4.78 is 5.63. The molecule has 0 aliphatic heterocycles. The van der Waals surface area contributed by atoms with E-state index in [1.165, 1.54) is 0 Å². The summed E-state index contributed by atoms with van der Waals surface area (Å²) in [5.41, 5.74) is 0.400. The van der Waals surface area contributed by atoms with Gasteiger partial charge in [-0.3, -0.25) is 0 Å². The molecule has 21 heavy (non-hydrogen) atoms. The molecule has 0 radical (unpaired) electrons. The van der Waals surface area contributed by atoms with Crippen molar-refractivity contribution in [3.8, 4) is 5.75 Å². The fraction of sp³-hybridized carbons (Fsp3) is 0.294. The second-order valence-electron chi connectivity index (χ2n) is 5.29. The molecule has 0 bridgehead atoms. The van der Waals surface area contributed by atoms with Crippen LogP contribution in [0.5, 0.6) is 5.75 Å². The summed E-state index contributed by atoms with van der Waals surface area (Å²) in [4.78, 5) is 0. The van der Waals surface area contributed by atoms with Gasteiger partial charge in [-0.2, -0.15) is 0 Å². The second kappa shape index (κ2) is 6.48. The molecule has 0 amide bonds. The van der Waals surface area contributed by atoms with Crippen LogP contribution in [0.15, 0.2) is 48.5 Å². The van der Waals surface area contributed by atoms with Crippen LogP contribution in [0.25, 0.3) is 0 Å². The number of benzene rings is 2. The third-order valence-electron chi connectivity index (χ3n) is 3.34. The summed E-state index contributed by atoms with van der Waals surface area (Å²) in [6.07, 6.45) is -0.580. The van der Waals surface area contributed by atoms with Crippen LogP contribution in [0.1, 0.15) is 31.1 Å². The Balaban J connectivity index is 2.09. The zero-order valence-corrected chi connectivity index (χ0v) is 12.8. The Bertz CT molecular complexity index is 594. The predicted octanol–water partition coefficient (Wildman–Crippen LogP) is 3.68. The number of hydrogen-bond acceptors (Lipinski definition) is 3. The topological polar surface area (TPSA) is 49.7 Å². The van der Waals surface area contributed by atoms with E-state index in [2.05, 4.69) is 0 Å². The highest BCUT2D eigenvalue weighted by molar-refractivity contribution is 6.32. The van der Waals surface area contributed by atoms with Crippen molar-refractivity contribution < 1.29 is 14.9 Å². The molecule has 0 aliphatic rings. The number of rotatable bonds is 5. The number of aliphatic hydroxyl groups is 2. The maximum absolute atomic E-state index is 10.5. The molecule has 0 spiro atoms. The Morgan fingerprint density at radius 3 is 2.43 bits per heavy atom. The molecule has 2 aromatic carbocycles. The second-order valence-corrected chi connectivity index (χ2v) is 5.70. The van der Waals surface area contributed by atoms with Gasteiger partial charge >= 0.3 is 0 Å². The van der Waals surface area contributed by atoms with E-state index in [9.17, 15) is 10.2 Å². The molecule has 2 unspecified atom stereocenters. The van der Waals surface area contributed by atoms with E-state index in [-0.39, 0.29) is 6.61 Å². The average Bonchev–Trinajstić information content (AvgIpc) is 2.46. The molecule has 0 aliphatic carbocycles. The van der Waals surface area contributed by atoms with Gasteiger partial charge in [-0.05, 0) is 37.1 Å². The average molecular weight is 307 g/mol. The maximum Gasteiger partial charge on any atom is 0.138 e. The van der Waals surface area contributed by atoms with Gasteiger partial charge in [0.25, 0.3) is 0 Å². The molecule has 0 fully saturated rings. The lowest BCUT2D eigenvalue weighted by molar-refractivity contribution is 0.00761. The van der Waals surface area contributed by atoms with Crippen LogP contribution in [0.3, 0.4) is 0 Å². The van der Waals surface area contributed by atoms with Crippen molar-refractivity contribution in [2.24, 2.45) is 0 Å². The summed E-state index contributed by atoms with van der Waals surface area (Å²) in [6, 6.07) is 14.4. The van der Waals surface area contributed by atoms with Crippen molar-refractivity contribution in [1.82, 2.24) is 0 Å². The summed E-state index contributed by atoms with van der Waals surface area (Å²) in [6.45, 7) is 3.46. The largest absolute Gasteiger partial charge is 0.489 e. The first-order valence-corrected chi connectivity index (χ1v) is 7.16. The van der Waals surface area contributed by atoms with E-state index in [0.717, 1.165) is 11.1 Å². The van der Waals surface area contributed by atoms with Gasteiger partial charge in [0.15, 0.2) is 0 Å². The Morgan fingerprint density at radius 2 is 1.86 bits per heavy atom. The van der Waals surface area contributed by atoms with Gasteiger partial charge in [0, 0.05) is 0 Å². The van der Waals surface area contributed by atoms with E-state index in [1.807, 2.05) is 30.3 Å². The molecule has 0 saturated heterocycles. The number of halogens is 1. The van der Waals surface area contributed by atoms with Crippen molar-refractivity contribution in [3.05, 3.63) is 64.7 Å². The van der Waals surface area contributed by atoms with Crippen molar-refractivity contribution in [3.63, 3.8) is 0 Å². The fourth-order valence-electron chi connectivity index (χ4n) is 1.99. The van der Waals surface area contributed by atoms with E-state index >= 15 is 0 Å². The highest BCUT2D eigenvalue weighted by Gasteiger charge is 2.24. The van der Waals surface area contributed by atoms with E-state index in [4.69, 9.17) is 16.3 Å². The number of hydrogen-bond donors (Lipinski definition) is 2. The zero-order chi connectivity index (χ0) is 15.5. The van der Waals surface area contributed by atoms with E-state index in [1.54, 1.807) is 32.0 Å². The Morgan fingerprint density at radius 1 is 1.19 bits per heavy atom. The molecule has 0 saturated carbocycles. The van der Waals surface area contributed by atoms with Crippen molar-refractivity contribution in [2.75, 3.05) is 6.61 Å². The van der Waals surface area contributed by atoms with Crippen LogP contribution < -0.4 is 4.74 Å². The first kappa shape index (κ1) is 15.8. The normalized spacial score (nSPS) is 15.3. The summed E-state index contributed by atoms with van der Waals surface area (Å²) in [7, 11) is 0. The standard InChI is InChI=1S/C17H19ClO3/c1-12(19)13-8-9-16(15(18)10-13)21-11-17(2,20)14-6-4-3-5-7-14/h3-10,12,19-20H,11H2,1-2H3. The molecule has 0 aromatic heterocycles. The summed E-state index contributed by atoms with van der Waals surface area (Å²) >= 11 is 6.13. The highest BCUT2D eigenvalue weighted by atomic mass is 35.5. The summed E-state index contributed by atoms with van der Waals surface area (Å²) in [5.74, 6) is 0.484. The van der Waals surface area contributed by atoms with Crippen LogP contribution in [-0.2, 0) is 5.60 Å². The SMILES string of the molecule is CC(O)c1ccc(OCC(C)(O)c2ccccc2)c(Cl)c1. The quantitative estimate of drug-likeness (QED) is 0.886. The molecule has 112 valence electrons. The predicted molar refractivity (Wildman–Crippen MR) is 83.6 cm³/mol. The molecule has 2 atom stereocenters. The van der Waals surface area contributed by atoms with Gasteiger partial charge in [0.1, 0.15) is 18.0 Å². The third kappa shape index (κ3) is 3.97. The number of ether oxygens (including phenoxy) is 1. The van der Waals surface area contributed by atoms with E-state index < -0.39 is 11.7 Å². The smallest absolute Gasteiger partial charge is 0.138 e. The molecule has 4 heteroatoms. The Labute approximate surface area is 129 Å². The van der Waals surface area contributed by atoms with Gasteiger partial charge in [0.2, 0.25) is 0 Å². The zero-order valence-electron chi connectivity index (χ0n) is 12.1. The Kier molecular flexibility index (Phi) is 4.88. The Hall–Kier alpha value is -1.55.